The zero-order valence-electron chi connectivity index (χ0n) is 14.1. The topological polar surface area (TPSA) is 54.5 Å². The number of carbonyl (C=O) groups excluding carboxylic acids is 1. The molecule has 1 aliphatic heterocycles. The number of aromatic nitrogens is 1. The molecule has 1 amide bonds. The molecule has 1 aromatic heterocycles. The van der Waals surface area contributed by atoms with Crippen LogP contribution in [0.15, 0.2) is 18.3 Å². The van der Waals surface area contributed by atoms with Gasteiger partial charge in [-0.2, -0.15) is 0 Å². The molecule has 1 aliphatic rings. The fraction of sp³-hybridized carbons (Fsp3) is 0.647. The van der Waals surface area contributed by atoms with Crippen LogP contribution in [0.5, 0.6) is 0 Å². The van der Waals surface area contributed by atoms with Crippen LogP contribution in [-0.2, 0) is 11.3 Å². The predicted octanol–water partition coefficient (Wildman–Crippen LogP) is 2.74. The fourth-order valence-electron chi connectivity index (χ4n) is 2.50. The van der Waals surface area contributed by atoms with E-state index >= 15 is 0 Å². The van der Waals surface area contributed by atoms with Gasteiger partial charge in [0, 0.05) is 32.4 Å². The summed E-state index contributed by atoms with van der Waals surface area (Å²) in [6.45, 7) is 10.9. The van der Waals surface area contributed by atoms with Crippen LogP contribution in [-0.4, -0.2) is 41.2 Å². The van der Waals surface area contributed by atoms with E-state index in [-0.39, 0.29) is 6.09 Å². The molecule has 0 spiro atoms. The van der Waals surface area contributed by atoms with E-state index < -0.39 is 5.60 Å². The Bertz CT molecular complexity index is 494. The summed E-state index contributed by atoms with van der Waals surface area (Å²) >= 11 is 0. The maximum absolute atomic E-state index is 12.0. The van der Waals surface area contributed by atoms with Crippen LogP contribution in [0.25, 0.3) is 0 Å². The quantitative estimate of drug-likeness (QED) is 0.929. The van der Waals surface area contributed by atoms with Crippen molar-refractivity contribution in [3.63, 3.8) is 0 Å². The third-order valence-electron chi connectivity index (χ3n) is 3.65. The van der Waals surface area contributed by atoms with Crippen molar-refractivity contribution < 1.29 is 9.53 Å². The largest absolute Gasteiger partial charge is 0.444 e. The summed E-state index contributed by atoms with van der Waals surface area (Å²) in [5.74, 6) is 0.484. The molecular weight excluding hydrogens is 278 g/mol. The molecule has 0 bridgehead atoms. The third-order valence-corrected chi connectivity index (χ3v) is 3.65. The van der Waals surface area contributed by atoms with Gasteiger partial charge in [0.15, 0.2) is 0 Å². The van der Waals surface area contributed by atoms with Gasteiger partial charge in [-0.25, -0.2) is 4.79 Å². The Morgan fingerprint density at radius 1 is 1.45 bits per heavy atom. The lowest BCUT2D eigenvalue weighted by Gasteiger charge is -2.24. The van der Waals surface area contributed by atoms with Gasteiger partial charge < -0.3 is 15.0 Å². The first-order chi connectivity index (χ1) is 10.3. The summed E-state index contributed by atoms with van der Waals surface area (Å²) in [6.07, 6.45) is 2.71. The first-order valence-electron chi connectivity index (χ1n) is 7.94. The minimum absolute atomic E-state index is 0.199. The van der Waals surface area contributed by atoms with Gasteiger partial charge in [-0.05, 0) is 51.7 Å². The van der Waals surface area contributed by atoms with Gasteiger partial charge in [0.2, 0.25) is 0 Å². The number of nitrogens with zero attached hydrogens (tertiary/aromatic N) is 2. The molecule has 0 unspecified atom stereocenters. The second-order valence-electron chi connectivity index (χ2n) is 7.04. The van der Waals surface area contributed by atoms with E-state index in [4.69, 9.17) is 4.74 Å². The number of amides is 1. The summed E-state index contributed by atoms with van der Waals surface area (Å²) in [5, 5.41) is 3.43. The minimum atomic E-state index is -0.426. The van der Waals surface area contributed by atoms with Gasteiger partial charge in [-0.1, -0.05) is 6.07 Å². The van der Waals surface area contributed by atoms with Crippen LogP contribution in [0.2, 0.25) is 0 Å². The van der Waals surface area contributed by atoms with Crippen molar-refractivity contribution in [1.82, 2.24) is 15.2 Å². The predicted molar refractivity (Wildman–Crippen MR) is 86.6 cm³/mol. The van der Waals surface area contributed by atoms with Crippen LogP contribution in [0.1, 0.15) is 38.4 Å². The van der Waals surface area contributed by atoms with Gasteiger partial charge in [-0.3, -0.25) is 4.98 Å². The van der Waals surface area contributed by atoms with Crippen molar-refractivity contribution in [2.45, 2.75) is 46.3 Å². The molecule has 1 saturated heterocycles. The summed E-state index contributed by atoms with van der Waals surface area (Å²) in [7, 11) is 0. The Morgan fingerprint density at radius 2 is 2.23 bits per heavy atom. The van der Waals surface area contributed by atoms with E-state index in [1.54, 1.807) is 0 Å². The Hall–Kier alpha value is -1.62. The summed E-state index contributed by atoms with van der Waals surface area (Å²) in [6, 6.07) is 4.12. The van der Waals surface area contributed by atoms with Gasteiger partial charge in [0.1, 0.15) is 5.60 Å². The Labute approximate surface area is 133 Å². The van der Waals surface area contributed by atoms with Crippen molar-refractivity contribution in [3.8, 4) is 0 Å². The Kier molecular flexibility index (Phi) is 5.40. The molecule has 0 radical (unpaired) electrons. The number of nitrogens with one attached hydrogen (secondary N) is 1. The molecule has 5 heteroatoms. The van der Waals surface area contributed by atoms with Crippen LogP contribution in [0, 0.1) is 12.8 Å². The molecule has 122 valence electrons. The highest BCUT2D eigenvalue weighted by atomic mass is 16.6. The van der Waals surface area contributed by atoms with Gasteiger partial charge in [0.25, 0.3) is 0 Å². The normalized spacial score (nSPS) is 18.5. The lowest BCUT2D eigenvalue weighted by molar-refractivity contribution is 0.0288. The molecule has 22 heavy (non-hydrogen) atoms. The van der Waals surface area contributed by atoms with E-state index in [1.807, 2.05) is 44.9 Å². The molecule has 2 heterocycles. The number of carbonyl (C=O) groups is 1. The van der Waals surface area contributed by atoms with Gasteiger partial charge in [-0.15, -0.1) is 0 Å². The molecule has 1 atom stereocenters. The highest BCUT2D eigenvalue weighted by Crippen LogP contribution is 2.19. The summed E-state index contributed by atoms with van der Waals surface area (Å²) < 4.78 is 5.41. The second kappa shape index (κ2) is 7.09. The van der Waals surface area contributed by atoms with Crippen molar-refractivity contribution >= 4 is 6.09 Å². The summed E-state index contributed by atoms with van der Waals surface area (Å²) in [5.41, 5.74) is 1.80. The van der Waals surface area contributed by atoms with E-state index in [0.29, 0.717) is 5.92 Å². The number of aryl methyl sites for hydroxylation is 1. The maximum atomic E-state index is 12.0. The highest BCUT2D eigenvalue weighted by Gasteiger charge is 2.29. The van der Waals surface area contributed by atoms with Crippen LogP contribution in [0.3, 0.4) is 0 Å². The number of ether oxygens (including phenoxy) is 1. The van der Waals surface area contributed by atoms with Crippen LogP contribution < -0.4 is 5.32 Å². The Balaban J connectivity index is 1.70. The lowest BCUT2D eigenvalue weighted by Crippen LogP contribution is -2.36. The van der Waals surface area contributed by atoms with Crippen molar-refractivity contribution in [2.24, 2.45) is 5.92 Å². The first kappa shape index (κ1) is 16.7. The zero-order valence-corrected chi connectivity index (χ0v) is 14.1. The smallest absolute Gasteiger partial charge is 0.410 e. The average Bonchev–Trinajstić information content (AvgIpc) is 2.88. The van der Waals surface area contributed by atoms with Crippen LogP contribution >= 0.6 is 0 Å². The molecular formula is C17H27N3O2. The molecule has 0 aromatic carbocycles. The number of pyridine rings is 1. The van der Waals surface area contributed by atoms with E-state index in [9.17, 15) is 4.79 Å². The average molecular weight is 305 g/mol. The third kappa shape index (κ3) is 5.30. The maximum Gasteiger partial charge on any atom is 0.410 e. The number of likely N-dealkylation sites (tertiary alicyclic amines) is 1. The minimum Gasteiger partial charge on any atom is -0.444 e. The Morgan fingerprint density at radius 3 is 2.86 bits per heavy atom. The van der Waals surface area contributed by atoms with Crippen LogP contribution in [0.4, 0.5) is 4.79 Å². The number of hydrogen-bond acceptors (Lipinski definition) is 4. The van der Waals surface area contributed by atoms with E-state index in [2.05, 4.69) is 16.4 Å². The number of rotatable bonds is 4. The fourth-order valence-corrected chi connectivity index (χ4v) is 2.50. The standard InChI is InChI=1S/C17H27N3O2/c1-13-5-6-15(19-9-13)11-18-10-14-7-8-20(12-14)16(21)22-17(2,3)4/h5-6,9,14,18H,7-8,10-12H2,1-4H3/t14-/m0/s1. The monoisotopic (exact) mass is 305 g/mol. The van der Waals surface area contributed by atoms with Crippen molar-refractivity contribution in [3.05, 3.63) is 29.6 Å². The van der Waals surface area contributed by atoms with Gasteiger partial charge >= 0.3 is 6.09 Å². The SMILES string of the molecule is Cc1ccc(CNC[C@@H]2CCN(C(=O)OC(C)(C)C)C2)nc1. The van der Waals surface area contributed by atoms with Crippen molar-refractivity contribution in [2.75, 3.05) is 19.6 Å². The van der Waals surface area contributed by atoms with E-state index in [0.717, 1.165) is 38.3 Å². The second-order valence-corrected chi connectivity index (χ2v) is 7.04. The molecule has 0 aliphatic carbocycles. The van der Waals surface area contributed by atoms with Gasteiger partial charge in [0.05, 0.1) is 5.69 Å². The zero-order chi connectivity index (χ0) is 16.2. The van der Waals surface area contributed by atoms with E-state index in [1.165, 1.54) is 5.56 Å². The highest BCUT2D eigenvalue weighted by molar-refractivity contribution is 5.68. The lowest BCUT2D eigenvalue weighted by atomic mass is 10.1. The molecule has 2 rings (SSSR count). The summed E-state index contributed by atoms with van der Waals surface area (Å²) in [4.78, 5) is 18.2. The molecule has 1 aromatic rings. The molecule has 1 fully saturated rings. The molecule has 5 nitrogen and oxygen atoms in total. The van der Waals surface area contributed by atoms with Crippen molar-refractivity contribution in [1.29, 1.82) is 0 Å². The first-order valence-corrected chi connectivity index (χ1v) is 7.94. The molecule has 0 saturated carbocycles. The number of hydrogen-bond donors (Lipinski definition) is 1. The molecule has 1 N–H and O–H groups in total.